The van der Waals surface area contributed by atoms with Gasteiger partial charge in [0.1, 0.15) is 36.3 Å². The third-order valence-electron chi connectivity index (χ3n) is 9.40. The largest absolute Gasteiger partial charge is 0.481 e. The second-order valence-electron chi connectivity index (χ2n) is 15.3. The van der Waals surface area contributed by atoms with Gasteiger partial charge in [-0.15, -0.1) is 0 Å². The fourth-order valence-corrected chi connectivity index (χ4v) is 6.17. The van der Waals surface area contributed by atoms with Crippen LogP contribution in [-0.2, 0) is 54.4 Å². The highest BCUT2D eigenvalue weighted by molar-refractivity contribution is 5.99. The number of para-hydroxylation sites is 1. The van der Waals surface area contributed by atoms with Crippen molar-refractivity contribution in [2.75, 3.05) is 6.54 Å². The van der Waals surface area contributed by atoms with Gasteiger partial charge in [-0.05, 0) is 50.2 Å². The Hall–Kier alpha value is -7.31. The van der Waals surface area contributed by atoms with Crippen molar-refractivity contribution in [1.29, 1.82) is 0 Å². The van der Waals surface area contributed by atoms with Crippen LogP contribution in [0, 0.1) is 5.92 Å². The Balaban J connectivity index is 2.50. The van der Waals surface area contributed by atoms with Crippen LogP contribution in [0.15, 0.2) is 35.5 Å². The molecule has 17 N–H and O–H groups in total. The Morgan fingerprint density at radius 2 is 1.12 bits per heavy atom. The molecule has 2 aromatic rings. The molecule has 64 heavy (non-hydrogen) atoms. The molecule has 25 nitrogen and oxygen atoms in total. The Morgan fingerprint density at radius 1 is 0.641 bits per heavy atom. The number of benzene rings is 1. The van der Waals surface area contributed by atoms with E-state index >= 15 is 0 Å². The number of hydrogen-bond donors (Lipinski definition) is 14. The SMILES string of the molecule is CC(C)C[C@H](N)C(=O)N[C@@H](CC(=O)O)C(=O)N[C@@H](Cc1c[nH]c2ccccc12)C(=O)N[C@@H](CCC(=O)O)C(=O)N[C@@H](CC(=O)O)C(=O)N[C@@H](CCCN=C(N)N)C(=O)N[C@@H](C)C(=O)O. The van der Waals surface area contributed by atoms with Gasteiger partial charge in [0.25, 0.3) is 0 Å². The van der Waals surface area contributed by atoms with Crippen molar-refractivity contribution in [3.63, 3.8) is 0 Å². The standard InChI is InChI=1S/C39H57N11O14/c1-18(2)13-22(40)32(57)48-27(15-30(53)54)37(62)49-26(14-20-17-44-23-8-5-4-7-21(20)23)35(60)47-25(10-11-29(51)52)34(59)50-28(16-31(55)56)36(61)46-24(9-6-12-43-39(41)42)33(58)45-19(3)38(63)64/h4-5,7-8,17-19,22,24-28,44H,6,9-16,40H2,1-3H3,(H,45,58)(H,46,61)(H,47,60)(H,48,57)(H,49,62)(H,50,59)(H,51,52)(H,53,54)(H,55,56)(H,63,64)(H4,41,42,43)/t19-,22-,24-,25-,26-,27-,28-/m0/s1. The molecule has 0 unspecified atom stereocenters. The molecule has 6 amide bonds. The molecule has 7 atom stereocenters. The van der Waals surface area contributed by atoms with Crippen LogP contribution in [0.25, 0.3) is 10.9 Å². The Labute approximate surface area is 366 Å². The number of carbonyl (C=O) groups is 10. The first-order valence-electron chi connectivity index (χ1n) is 20.0. The summed E-state index contributed by atoms with van der Waals surface area (Å²) in [5.41, 5.74) is 17.7. The number of rotatable bonds is 28. The number of aliphatic carboxylic acids is 4. The molecule has 0 aliphatic rings. The van der Waals surface area contributed by atoms with Gasteiger partial charge in [-0.2, -0.15) is 0 Å². The van der Waals surface area contributed by atoms with Gasteiger partial charge in [0.2, 0.25) is 35.4 Å². The molecule has 0 fully saturated rings. The molecule has 1 aromatic heterocycles. The number of aliphatic imine (C=N–C) groups is 1. The summed E-state index contributed by atoms with van der Waals surface area (Å²) in [7, 11) is 0. The summed E-state index contributed by atoms with van der Waals surface area (Å²) >= 11 is 0. The maximum atomic E-state index is 14.1. The first-order valence-corrected chi connectivity index (χ1v) is 20.0. The maximum Gasteiger partial charge on any atom is 0.325 e. The minimum Gasteiger partial charge on any atom is -0.481 e. The number of nitrogens with two attached hydrogens (primary N) is 3. The molecule has 0 aliphatic heterocycles. The number of nitrogens with one attached hydrogen (secondary N) is 7. The Bertz CT molecular complexity index is 2050. The molecule has 0 aliphatic carbocycles. The normalized spacial score (nSPS) is 14.3. The van der Waals surface area contributed by atoms with Crippen LogP contribution in [0.4, 0.5) is 0 Å². The van der Waals surface area contributed by atoms with Crippen molar-refractivity contribution in [2.45, 2.75) is 114 Å². The summed E-state index contributed by atoms with van der Waals surface area (Å²) in [6, 6.07) is -4.38. The number of carbonyl (C=O) groups excluding carboxylic acids is 6. The van der Waals surface area contributed by atoms with E-state index < -0.39 is 127 Å². The van der Waals surface area contributed by atoms with Crippen molar-refractivity contribution in [3.05, 3.63) is 36.0 Å². The van der Waals surface area contributed by atoms with Gasteiger partial charge in [0.15, 0.2) is 5.96 Å². The monoisotopic (exact) mass is 903 g/mol. The van der Waals surface area contributed by atoms with E-state index in [9.17, 15) is 68.4 Å². The number of amides is 6. The number of H-pyrrole nitrogens is 1. The van der Waals surface area contributed by atoms with Crippen LogP contribution in [0.5, 0.6) is 0 Å². The number of carboxylic acids is 4. The molecule has 25 heteroatoms. The minimum absolute atomic E-state index is 0.0280. The van der Waals surface area contributed by atoms with Crippen molar-refractivity contribution < 1.29 is 68.4 Å². The van der Waals surface area contributed by atoms with Gasteiger partial charge >= 0.3 is 23.9 Å². The highest BCUT2D eigenvalue weighted by Gasteiger charge is 2.35. The lowest BCUT2D eigenvalue weighted by Gasteiger charge is -2.27. The van der Waals surface area contributed by atoms with E-state index in [0.29, 0.717) is 16.5 Å². The number of nitrogens with zero attached hydrogens (tertiary/aromatic N) is 1. The molecule has 2 rings (SSSR count). The Kier molecular flexibility index (Phi) is 21.1. The van der Waals surface area contributed by atoms with Crippen LogP contribution in [0.3, 0.4) is 0 Å². The van der Waals surface area contributed by atoms with Crippen molar-refractivity contribution in [2.24, 2.45) is 28.1 Å². The van der Waals surface area contributed by atoms with Crippen molar-refractivity contribution in [1.82, 2.24) is 36.9 Å². The lowest BCUT2D eigenvalue weighted by atomic mass is 10.0. The van der Waals surface area contributed by atoms with Crippen LogP contribution >= 0.6 is 0 Å². The summed E-state index contributed by atoms with van der Waals surface area (Å²) in [5, 5.41) is 52.3. The Morgan fingerprint density at radius 3 is 1.66 bits per heavy atom. The zero-order chi connectivity index (χ0) is 48.3. The summed E-state index contributed by atoms with van der Waals surface area (Å²) in [5.74, 6) is -12.9. The second-order valence-corrected chi connectivity index (χ2v) is 15.3. The molecule has 1 aromatic carbocycles. The third kappa shape index (κ3) is 18.3. The van der Waals surface area contributed by atoms with Crippen LogP contribution in [0.1, 0.15) is 71.3 Å². The first-order chi connectivity index (χ1) is 30.0. The lowest BCUT2D eigenvalue weighted by molar-refractivity contribution is -0.143. The van der Waals surface area contributed by atoms with E-state index in [1.54, 1.807) is 38.1 Å². The van der Waals surface area contributed by atoms with Crippen LogP contribution in [0.2, 0.25) is 0 Å². The smallest absolute Gasteiger partial charge is 0.325 e. The first kappa shape index (κ1) is 52.8. The number of aromatic nitrogens is 1. The number of hydrogen-bond acceptors (Lipinski definition) is 12. The van der Waals surface area contributed by atoms with Gasteiger partial charge in [0.05, 0.1) is 18.9 Å². The second kappa shape index (κ2) is 25.6. The molecule has 0 bridgehead atoms. The van der Waals surface area contributed by atoms with Gasteiger partial charge in [0, 0.05) is 36.5 Å². The van der Waals surface area contributed by atoms with Crippen molar-refractivity contribution >= 4 is 76.2 Å². The highest BCUT2D eigenvalue weighted by atomic mass is 16.4. The summed E-state index contributed by atoms with van der Waals surface area (Å²) in [6.07, 6.45) is -2.16. The quantitative estimate of drug-likeness (QED) is 0.0229. The zero-order valence-corrected chi connectivity index (χ0v) is 35.4. The third-order valence-corrected chi connectivity index (χ3v) is 9.40. The van der Waals surface area contributed by atoms with Crippen LogP contribution in [-0.4, -0.2) is 140 Å². The summed E-state index contributed by atoms with van der Waals surface area (Å²) in [6.45, 7) is 4.69. The van der Waals surface area contributed by atoms with E-state index in [4.69, 9.17) is 17.2 Å². The molecule has 0 radical (unpaired) electrons. The van der Waals surface area contributed by atoms with E-state index in [0.717, 1.165) is 6.92 Å². The fraction of sp³-hybridized carbons (Fsp3) is 0.513. The van der Waals surface area contributed by atoms with Crippen molar-refractivity contribution in [3.8, 4) is 0 Å². The average molecular weight is 904 g/mol. The van der Waals surface area contributed by atoms with Gasteiger partial charge < -0.3 is 74.5 Å². The zero-order valence-electron chi connectivity index (χ0n) is 35.4. The molecule has 0 spiro atoms. The van der Waals surface area contributed by atoms with Gasteiger partial charge in [-0.3, -0.25) is 52.9 Å². The van der Waals surface area contributed by atoms with Gasteiger partial charge in [-0.25, -0.2) is 0 Å². The van der Waals surface area contributed by atoms with Crippen LogP contribution < -0.4 is 49.1 Å². The number of carboxylic acid groups (broad SMARTS) is 4. The highest BCUT2D eigenvalue weighted by Crippen LogP contribution is 2.20. The molecule has 0 saturated heterocycles. The molecular formula is C39H57N11O14. The molecule has 352 valence electrons. The van der Waals surface area contributed by atoms with E-state index in [-0.39, 0.29) is 44.1 Å². The minimum atomic E-state index is -1.97. The number of aromatic amines is 1. The topological polar surface area (TPSA) is 430 Å². The molecular weight excluding hydrogens is 846 g/mol. The van der Waals surface area contributed by atoms with Gasteiger partial charge in [-0.1, -0.05) is 32.0 Å². The summed E-state index contributed by atoms with van der Waals surface area (Å²) < 4.78 is 0. The number of fused-ring (bicyclic) bond motifs is 1. The molecule has 0 saturated carbocycles. The fourth-order valence-electron chi connectivity index (χ4n) is 6.17. The lowest BCUT2D eigenvalue weighted by Crippen LogP contribution is -2.60. The predicted molar refractivity (Wildman–Crippen MR) is 226 cm³/mol. The van der Waals surface area contributed by atoms with E-state index in [2.05, 4.69) is 41.9 Å². The maximum absolute atomic E-state index is 14.1. The van der Waals surface area contributed by atoms with E-state index in [1.807, 2.05) is 0 Å². The van der Waals surface area contributed by atoms with E-state index in [1.165, 1.54) is 6.20 Å². The number of guanidine groups is 1. The summed E-state index contributed by atoms with van der Waals surface area (Å²) in [4.78, 5) is 135. The average Bonchev–Trinajstić information content (AvgIpc) is 3.61. The predicted octanol–water partition coefficient (Wildman–Crippen LogP) is -3.04. The molecule has 1 heterocycles.